The van der Waals surface area contributed by atoms with Gasteiger partial charge in [0.15, 0.2) is 27.4 Å². The predicted octanol–water partition coefficient (Wildman–Crippen LogP) is -0.0579. The van der Waals surface area contributed by atoms with Crippen molar-refractivity contribution < 1.29 is 42.9 Å². The number of rotatable bonds is 7. The molecule has 194 valence electrons. The van der Waals surface area contributed by atoms with Crippen molar-refractivity contribution in [1.82, 2.24) is 15.6 Å². The third kappa shape index (κ3) is 4.35. The highest BCUT2D eigenvalue weighted by Gasteiger charge is 2.69. The fraction of sp³-hybridized carbons (Fsp3) is 0.261. The van der Waals surface area contributed by atoms with E-state index in [9.17, 15) is 42.9 Å². The first-order valence-corrected chi connectivity index (χ1v) is 12.4. The summed E-state index contributed by atoms with van der Waals surface area (Å²) in [6.07, 6.45) is 0.530. The van der Waals surface area contributed by atoms with E-state index in [1.165, 1.54) is 24.3 Å². The van der Waals surface area contributed by atoms with Crippen LogP contribution in [-0.4, -0.2) is 74.7 Å². The van der Waals surface area contributed by atoms with Crippen molar-refractivity contribution >= 4 is 39.7 Å². The first-order valence-electron chi connectivity index (χ1n) is 10.9. The number of phenolic OH excluding ortho intramolecular Hbond substituents is 2. The van der Waals surface area contributed by atoms with Crippen LogP contribution in [0.1, 0.15) is 39.6 Å². The smallest absolute Gasteiger partial charge is 0.328 e. The van der Waals surface area contributed by atoms with Gasteiger partial charge in [0.1, 0.15) is 10.1 Å². The number of fused-ring (bicyclic) bond motifs is 1. The minimum Gasteiger partial charge on any atom is -0.504 e. The quantitative estimate of drug-likeness (QED) is 0.141. The molecule has 37 heavy (non-hydrogen) atoms. The molecule has 13 nitrogen and oxygen atoms in total. The Morgan fingerprint density at radius 2 is 1.73 bits per heavy atom. The topological polar surface area (TPSA) is 203 Å². The predicted molar refractivity (Wildman–Crippen MR) is 127 cm³/mol. The van der Waals surface area contributed by atoms with Crippen molar-refractivity contribution in [3.05, 3.63) is 59.2 Å². The summed E-state index contributed by atoms with van der Waals surface area (Å²) in [6, 6.07) is 7.99. The van der Waals surface area contributed by atoms with Crippen molar-refractivity contribution in [2.24, 2.45) is 5.10 Å². The Hall–Kier alpha value is -4.46. The number of carboxylic acids is 1. The van der Waals surface area contributed by atoms with Crippen molar-refractivity contribution in [1.29, 1.82) is 0 Å². The van der Waals surface area contributed by atoms with Crippen LogP contribution in [0, 0.1) is 0 Å². The number of benzene rings is 2. The fourth-order valence-corrected chi connectivity index (χ4v) is 6.42. The number of carbonyl (C=O) groups is 4. The molecule has 3 amide bonds. The number of nitrogens with one attached hydrogen (secondary N) is 2. The lowest BCUT2D eigenvalue weighted by Gasteiger charge is -2.35. The summed E-state index contributed by atoms with van der Waals surface area (Å²) in [4.78, 5) is 49.0. The number of carboxylic acid groups (broad SMARTS) is 1. The van der Waals surface area contributed by atoms with E-state index in [1.54, 1.807) is 12.1 Å². The molecule has 0 unspecified atom stereocenters. The molecule has 0 aliphatic carbocycles. The number of β-lactam (4-membered cyclic amide) rings is 1. The molecule has 2 aliphatic heterocycles. The zero-order chi connectivity index (χ0) is 27.1. The Labute approximate surface area is 210 Å². The number of hydrogen-bond donors (Lipinski definition) is 5. The van der Waals surface area contributed by atoms with E-state index in [0.29, 0.717) is 5.56 Å². The molecule has 2 heterocycles. The summed E-state index contributed by atoms with van der Waals surface area (Å²) < 4.78 is 23.6. The van der Waals surface area contributed by atoms with Crippen LogP contribution in [0.2, 0.25) is 0 Å². The molecule has 0 aromatic heterocycles. The van der Waals surface area contributed by atoms with Crippen LogP contribution in [0.4, 0.5) is 0 Å². The highest BCUT2D eigenvalue weighted by atomic mass is 32.2. The van der Waals surface area contributed by atoms with Crippen molar-refractivity contribution in [2.75, 3.05) is 0 Å². The second-order valence-corrected chi connectivity index (χ2v) is 11.2. The van der Waals surface area contributed by atoms with Crippen LogP contribution >= 0.6 is 0 Å². The maximum Gasteiger partial charge on any atom is 0.328 e. The van der Waals surface area contributed by atoms with Crippen molar-refractivity contribution in [2.45, 2.75) is 36.1 Å². The lowest BCUT2D eigenvalue weighted by Crippen LogP contribution is -2.57. The minimum absolute atomic E-state index is 0.101. The molecule has 0 bridgehead atoms. The Morgan fingerprint density at radius 1 is 1.08 bits per heavy atom. The molecule has 0 radical (unpaired) electrons. The van der Waals surface area contributed by atoms with Gasteiger partial charge in [-0.2, -0.15) is 5.10 Å². The second-order valence-electron chi connectivity index (χ2n) is 8.71. The monoisotopic (exact) mass is 530 g/mol. The third-order valence-electron chi connectivity index (χ3n) is 6.37. The average molecular weight is 531 g/mol. The average Bonchev–Trinajstić information content (AvgIpc) is 2.99. The highest BCUT2D eigenvalue weighted by Crippen LogP contribution is 2.45. The summed E-state index contributed by atoms with van der Waals surface area (Å²) >= 11 is 0. The van der Waals surface area contributed by atoms with Crippen molar-refractivity contribution in [3.63, 3.8) is 0 Å². The molecule has 0 saturated carbocycles. The molecule has 2 fully saturated rings. The second kappa shape index (κ2) is 9.20. The van der Waals surface area contributed by atoms with Crippen LogP contribution in [0.15, 0.2) is 47.6 Å². The van der Waals surface area contributed by atoms with E-state index in [2.05, 4.69) is 15.8 Å². The highest BCUT2D eigenvalue weighted by molar-refractivity contribution is 7.94. The van der Waals surface area contributed by atoms with Crippen LogP contribution in [-0.2, 0) is 26.0 Å². The molecule has 14 heteroatoms. The van der Waals surface area contributed by atoms with Gasteiger partial charge >= 0.3 is 5.97 Å². The summed E-state index contributed by atoms with van der Waals surface area (Å²) in [7, 11) is -4.10. The molecule has 5 N–H and O–H groups in total. The molecule has 4 rings (SSSR count). The van der Waals surface area contributed by atoms with Gasteiger partial charge in [-0.05, 0) is 42.8 Å². The van der Waals surface area contributed by atoms with Gasteiger partial charge in [0, 0.05) is 23.9 Å². The van der Waals surface area contributed by atoms with Crippen molar-refractivity contribution in [3.8, 4) is 11.5 Å². The Balaban J connectivity index is 1.38. The lowest BCUT2D eigenvalue weighted by molar-refractivity contribution is -0.156. The molecule has 2 saturated heterocycles. The maximum atomic E-state index is 12.8. The summed E-state index contributed by atoms with van der Waals surface area (Å²) in [5.74, 6) is -4.05. The van der Waals surface area contributed by atoms with E-state index in [0.717, 1.165) is 24.1 Å². The van der Waals surface area contributed by atoms with Gasteiger partial charge in [0.2, 0.25) is 5.91 Å². The van der Waals surface area contributed by atoms with Crippen LogP contribution < -0.4 is 10.7 Å². The van der Waals surface area contributed by atoms with Gasteiger partial charge in [-0.1, -0.05) is 12.1 Å². The molecule has 2 aliphatic rings. The number of aromatic hydroxyl groups is 2. The number of hydrogen-bond acceptors (Lipinski definition) is 9. The standard InChI is InChI=1S/C23H22N4O9S/c1-23(19(22(33)34)27-17(30)9-18(27)37(23,35)36)11-25-26-21(32)13-4-2-12(3-5-13)10-24-20(31)14-6-7-15(28)16(29)8-14/h2-8,11,18-19,28-29H,9-10H2,1H3,(H,24,31)(H,26,32)(H,33,34)/b25-11+/t18-,19+,23+/m1/s1. The lowest BCUT2D eigenvalue weighted by atomic mass is 9.97. The largest absolute Gasteiger partial charge is 0.504 e. The van der Waals surface area contributed by atoms with Gasteiger partial charge in [-0.25, -0.2) is 18.6 Å². The van der Waals surface area contributed by atoms with Gasteiger partial charge in [0.25, 0.3) is 11.8 Å². The van der Waals surface area contributed by atoms with E-state index >= 15 is 0 Å². The number of aliphatic carboxylic acids is 1. The molecular weight excluding hydrogens is 508 g/mol. The van der Waals surface area contributed by atoms with Gasteiger partial charge < -0.3 is 25.5 Å². The van der Waals surface area contributed by atoms with Crippen LogP contribution in [0.5, 0.6) is 11.5 Å². The molecular formula is C23H22N4O9S. The van der Waals surface area contributed by atoms with E-state index < -0.39 is 55.4 Å². The number of phenols is 2. The number of sulfone groups is 1. The van der Waals surface area contributed by atoms with Gasteiger partial charge in [-0.3, -0.25) is 14.4 Å². The van der Waals surface area contributed by atoms with Gasteiger partial charge in [-0.15, -0.1) is 0 Å². The van der Waals surface area contributed by atoms with E-state index in [4.69, 9.17) is 0 Å². The van der Waals surface area contributed by atoms with Crippen LogP contribution in [0.3, 0.4) is 0 Å². The molecule has 2 aromatic carbocycles. The molecule has 0 spiro atoms. The van der Waals surface area contributed by atoms with Gasteiger partial charge in [0.05, 0.1) is 6.42 Å². The van der Waals surface area contributed by atoms with Crippen LogP contribution in [0.25, 0.3) is 0 Å². The third-order valence-corrected chi connectivity index (χ3v) is 9.03. The summed E-state index contributed by atoms with van der Waals surface area (Å²) in [6.45, 7) is 1.24. The molecule has 3 atom stereocenters. The normalized spacial score (nSPS) is 23.8. The Bertz CT molecular complexity index is 1440. The Kier molecular flexibility index (Phi) is 6.37. The SMILES string of the molecule is C[C@]1(/C=N/NC(=O)c2ccc(CNC(=O)c3ccc(O)c(O)c3)cc2)[C@H](C(=O)O)N2C(=O)C[C@H]2S1(=O)=O. The number of hydrazone groups is 1. The minimum atomic E-state index is -4.10. The number of nitrogens with zero attached hydrogens (tertiary/aromatic N) is 2. The molecule has 2 aromatic rings. The number of amides is 3. The maximum absolute atomic E-state index is 12.8. The van der Waals surface area contributed by atoms with E-state index in [1.807, 2.05) is 0 Å². The van der Waals surface area contributed by atoms with E-state index in [-0.39, 0.29) is 29.8 Å². The zero-order valence-corrected chi connectivity index (χ0v) is 20.1. The summed E-state index contributed by atoms with van der Waals surface area (Å²) in [5.41, 5.74) is 3.10. The first-order chi connectivity index (χ1) is 17.4. The Morgan fingerprint density at radius 3 is 2.32 bits per heavy atom. The number of carbonyl (C=O) groups excluding carboxylic acids is 3. The summed E-state index contributed by atoms with van der Waals surface area (Å²) in [5, 5.41) is 33.4. The zero-order valence-electron chi connectivity index (χ0n) is 19.3. The first kappa shape index (κ1) is 25.6. The fourth-order valence-electron chi connectivity index (χ4n) is 4.21.